The largest absolute Gasteiger partial charge is 0.396 e. The highest BCUT2D eigenvalue weighted by atomic mass is 16.3. The van der Waals surface area contributed by atoms with Crippen molar-refractivity contribution in [1.29, 1.82) is 5.26 Å². The normalized spacial score (nSPS) is 31.3. The molecule has 11 heavy (non-hydrogen) atoms. The molecule has 2 atom stereocenters. The van der Waals surface area contributed by atoms with Crippen LogP contribution in [0.25, 0.3) is 0 Å². The van der Waals surface area contributed by atoms with E-state index in [4.69, 9.17) is 10.4 Å². The van der Waals surface area contributed by atoms with Gasteiger partial charge in [0.05, 0.1) is 6.07 Å². The molecule has 0 radical (unpaired) electrons. The second kappa shape index (κ2) is 4.35. The third-order valence-corrected chi connectivity index (χ3v) is 2.53. The fourth-order valence-electron chi connectivity index (χ4n) is 1.88. The highest BCUT2D eigenvalue weighted by Crippen LogP contribution is 2.30. The fraction of sp³-hybridized carbons (Fsp3) is 0.889. The van der Waals surface area contributed by atoms with Gasteiger partial charge in [-0.3, -0.25) is 0 Å². The van der Waals surface area contributed by atoms with Crippen LogP contribution in [0.3, 0.4) is 0 Å². The lowest BCUT2D eigenvalue weighted by Crippen LogP contribution is -2.17. The summed E-state index contributed by atoms with van der Waals surface area (Å²) in [6.07, 6.45) is 5.26. The minimum absolute atomic E-state index is 0.307. The van der Waals surface area contributed by atoms with Crippen LogP contribution in [-0.4, -0.2) is 11.7 Å². The Morgan fingerprint density at radius 2 is 2.09 bits per heavy atom. The number of rotatable bonds is 2. The number of nitrogens with zero attached hydrogens (tertiary/aromatic N) is 1. The first-order chi connectivity index (χ1) is 5.36. The van der Waals surface area contributed by atoms with Crippen LogP contribution < -0.4 is 0 Å². The first-order valence-electron chi connectivity index (χ1n) is 4.34. The van der Waals surface area contributed by atoms with Crippen LogP contribution in [0.15, 0.2) is 0 Å². The highest BCUT2D eigenvalue weighted by Gasteiger charge is 2.20. The number of nitriles is 1. The third kappa shape index (κ3) is 2.51. The van der Waals surface area contributed by atoms with Gasteiger partial charge < -0.3 is 5.11 Å². The van der Waals surface area contributed by atoms with E-state index in [1.54, 1.807) is 0 Å². The molecular formula is C9H15NO. The van der Waals surface area contributed by atoms with Crippen molar-refractivity contribution in [3.8, 4) is 6.07 Å². The van der Waals surface area contributed by atoms with Gasteiger partial charge in [-0.15, -0.1) is 0 Å². The monoisotopic (exact) mass is 153 g/mol. The predicted molar refractivity (Wildman–Crippen MR) is 42.8 cm³/mol. The Balaban J connectivity index is 2.28. The van der Waals surface area contributed by atoms with Gasteiger partial charge >= 0.3 is 0 Å². The van der Waals surface area contributed by atoms with Gasteiger partial charge in [-0.1, -0.05) is 6.42 Å². The van der Waals surface area contributed by atoms with Gasteiger partial charge in [-0.05, 0) is 31.1 Å². The van der Waals surface area contributed by atoms with Crippen molar-refractivity contribution < 1.29 is 5.11 Å². The molecule has 0 aromatic heterocycles. The molecule has 62 valence electrons. The molecule has 0 bridgehead atoms. The van der Waals surface area contributed by atoms with Crippen LogP contribution in [0.2, 0.25) is 0 Å². The first-order valence-corrected chi connectivity index (χ1v) is 4.34. The summed E-state index contributed by atoms with van der Waals surface area (Å²) >= 11 is 0. The molecule has 1 aliphatic rings. The molecule has 0 spiro atoms. The van der Waals surface area contributed by atoms with Crippen LogP contribution in [0.1, 0.15) is 32.1 Å². The van der Waals surface area contributed by atoms with Gasteiger partial charge in [0.2, 0.25) is 0 Å². The molecule has 1 saturated carbocycles. The van der Waals surface area contributed by atoms with E-state index in [1.165, 1.54) is 12.8 Å². The van der Waals surface area contributed by atoms with Gasteiger partial charge in [-0.25, -0.2) is 0 Å². The van der Waals surface area contributed by atoms with Crippen molar-refractivity contribution in [1.82, 2.24) is 0 Å². The lowest BCUT2D eigenvalue weighted by atomic mass is 9.80. The second-order valence-electron chi connectivity index (χ2n) is 3.44. The van der Waals surface area contributed by atoms with Gasteiger partial charge in [0.1, 0.15) is 0 Å². The van der Waals surface area contributed by atoms with E-state index in [9.17, 15) is 0 Å². The standard InChI is InChI=1S/C9H15NO/c10-5-4-8-2-1-3-9(6-8)7-11/h8-9,11H,1-4,6-7H2/t8-,9-/m1/s1. The molecule has 2 nitrogen and oxygen atoms in total. The number of hydrogen-bond acceptors (Lipinski definition) is 2. The SMILES string of the molecule is N#CC[C@H]1CCC[C@@H](CO)C1. The van der Waals surface area contributed by atoms with Crippen LogP contribution in [0.4, 0.5) is 0 Å². The van der Waals surface area contributed by atoms with E-state index in [2.05, 4.69) is 6.07 Å². The van der Waals surface area contributed by atoms with Crippen molar-refractivity contribution in [3.63, 3.8) is 0 Å². The number of aliphatic hydroxyl groups excluding tert-OH is 1. The molecule has 2 heteroatoms. The summed E-state index contributed by atoms with van der Waals surface area (Å²) in [5.74, 6) is 1.04. The summed E-state index contributed by atoms with van der Waals surface area (Å²) in [4.78, 5) is 0. The minimum Gasteiger partial charge on any atom is -0.396 e. The summed E-state index contributed by atoms with van der Waals surface area (Å²) in [6.45, 7) is 0.307. The van der Waals surface area contributed by atoms with Gasteiger partial charge in [0.15, 0.2) is 0 Å². The Kier molecular flexibility index (Phi) is 3.38. The maximum Gasteiger partial charge on any atom is 0.0624 e. The van der Waals surface area contributed by atoms with E-state index < -0.39 is 0 Å². The van der Waals surface area contributed by atoms with E-state index in [0.717, 1.165) is 12.8 Å². The molecule has 1 fully saturated rings. The lowest BCUT2D eigenvalue weighted by Gasteiger charge is -2.25. The molecule has 0 amide bonds. The Hall–Kier alpha value is -0.550. The topological polar surface area (TPSA) is 44.0 Å². The van der Waals surface area contributed by atoms with E-state index in [1.807, 2.05) is 0 Å². The summed E-state index contributed by atoms with van der Waals surface area (Å²) < 4.78 is 0. The smallest absolute Gasteiger partial charge is 0.0624 e. The highest BCUT2D eigenvalue weighted by molar-refractivity contribution is 4.80. The summed E-state index contributed by atoms with van der Waals surface area (Å²) in [5.41, 5.74) is 0. The summed E-state index contributed by atoms with van der Waals surface area (Å²) in [7, 11) is 0. The van der Waals surface area contributed by atoms with Crippen molar-refractivity contribution in [2.75, 3.05) is 6.61 Å². The second-order valence-corrected chi connectivity index (χ2v) is 3.44. The van der Waals surface area contributed by atoms with Crippen molar-refractivity contribution in [2.24, 2.45) is 11.8 Å². The number of hydrogen-bond donors (Lipinski definition) is 1. The molecule has 1 N–H and O–H groups in total. The molecule has 0 unspecified atom stereocenters. The first kappa shape index (κ1) is 8.55. The Labute approximate surface area is 67.8 Å². The van der Waals surface area contributed by atoms with Gasteiger partial charge in [-0.2, -0.15) is 5.26 Å². The summed E-state index contributed by atoms with van der Waals surface area (Å²) in [6, 6.07) is 2.20. The van der Waals surface area contributed by atoms with E-state index in [-0.39, 0.29) is 0 Å². The van der Waals surface area contributed by atoms with Crippen molar-refractivity contribution in [2.45, 2.75) is 32.1 Å². The lowest BCUT2D eigenvalue weighted by molar-refractivity contribution is 0.162. The molecule has 1 rings (SSSR count). The fourth-order valence-corrected chi connectivity index (χ4v) is 1.88. The van der Waals surface area contributed by atoms with Crippen LogP contribution in [-0.2, 0) is 0 Å². The molecule has 0 aromatic carbocycles. The average molecular weight is 153 g/mol. The zero-order chi connectivity index (χ0) is 8.10. The zero-order valence-corrected chi connectivity index (χ0v) is 6.79. The van der Waals surface area contributed by atoms with E-state index >= 15 is 0 Å². The predicted octanol–water partition coefficient (Wildman–Crippen LogP) is 1.70. The van der Waals surface area contributed by atoms with Crippen LogP contribution >= 0.6 is 0 Å². The van der Waals surface area contributed by atoms with E-state index in [0.29, 0.717) is 24.9 Å². The maximum absolute atomic E-state index is 8.89. The van der Waals surface area contributed by atoms with Crippen molar-refractivity contribution in [3.05, 3.63) is 0 Å². The average Bonchev–Trinajstić information content (AvgIpc) is 2.06. The van der Waals surface area contributed by atoms with Crippen LogP contribution in [0.5, 0.6) is 0 Å². The Morgan fingerprint density at radius 3 is 2.73 bits per heavy atom. The molecular weight excluding hydrogens is 138 g/mol. The Morgan fingerprint density at radius 1 is 1.36 bits per heavy atom. The minimum atomic E-state index is 0.307. The molecule has 1 aliphatic carbocycles. The quantitative estimate of drug-likeness (QED) is 0.656. The third-order valence-electron chi connectivity index (χ3n) is 2.53. The zero-order valence-electron chi connectivity index (χ0n) is 6.79. The summed E-state index contributed by atoms with van der Waals surface area (Å²) in [5, 5.41) is 17.4. The Bertz CT molecular complexity index is 150. The molecule has 0 aromatic rings. The van der Waals surface area contributed by atoms with Crippen molar-refractivity contribution >= 4 is 0 Å². The van der Waals surface area contributed by atoms with Crippen LogP contribution in [0, 0.1) is 23.2 Å². The van der Waals surface area contributed by atoms with Gasteiger partial charge in [0, 0.05) is 13.0 Å². The molecule has 0 heterocycles. The molecule has 0 saturated heterocycles. The molecule has 0 aliphatic heterocycles. The maximum atomic E-state index is 8.89. The number of aliphatic hydroxyl groups is 1. The van der Waals surface area contributed by atoms with Gasteiger partial charge in [0.25, 0.3) is 0 Å².